The molecule has 0 aliphatic heterocycles. The molecule has 0 spiro atoms. The van der Waals surface area contributed by atoms with Crippen molar-refractivity contribution in [2.24, 2.45) is 0 Å². The molecule has 0 radical (unpaired) electrons. The molecule has 0 atom stereocenters. The van der Waals surface area contributed by atoms with Gasteiger partial charge in [-0.1, -0.05) is 30.3 Å². The predicted molar refractivity (Wildman–Crippen MR) is 50.6 cm³/mol. The van der Waals surface area contributed by atoms with Crippen LogP contribution in [-0.2, 0) is 9.63 Å². The number of hydrogen-bond donors (Lipinski definition) is 1. The lowest BCUT2D eigenvalue weighted by Gasteiger charge is -1.94. The van der Waals surface area contributed by atoms with Gasteiger partial charge in [-0.25, -0.2) is 4.79 Å². The Kier molecular flexibility index (Phi) is 3.73. The maximum Gasteiger partial charge on any atom is 0.349 e. The van der Waals surface area contributed by atoms with E-state index in [1.54, 1.807) is 6.08 Å². The molecule has 0 amide bonds. The molecule has 0 heterocycles. The van der Waals surface area contributed by atoms with Gasteiger partial charge in [-0.2, -0.15) is 5.48 Å². The average Bonchev–Trinajstić information content (AvgIpc) is 2.17. The Morgan fingerprint density at radius 2 is 2.08 bits per heavy atom. The van der Waals surface area contributed by atoms with Crippen LogP contribution in [0.3, 0.4) is 0 Å². The van der Waals surface area contributed by atoms with Crippen molar-refractivity contribution in [2.75, 3.05) is 7.05 Å². The normalized spacial score (nSPS) is 10.2. The lowest BCUT2D eigenvalue weighted by molar-refractivity contribution is -0.143. The van der Waals surface area contributed by atoms with Crippen LogP contribution < -0.4 is 5.48 Å². The van der Waals surface area contributed by atoms with E-state index in [1.165, 1.54) is 13.1 Å². The molecule has 3 heteroatoms. The summed E-state index contributed by atoms with van der Waals surface area (Å²) < 4.78 is 0. The molecule has 0 aromatic heterocycles. The van der Waals surface area contributed by atoms with Crippen LogP contribution in [0.15, 0.2) is 36.4 Å². The van der Waals surface area contributed by atoms with Crippen molar-refractivity contribution in [1.82, 2.24) is 5.48 Å². The fraction of sp³-hybridized carbons (Fsp3) is 0.100. The van der Waals surface area contributed by atoms with E-state index in [1.807, 2.05) is 30.3 Å². The maximum atomic E-state index is 10.8. The number of rotatable bonds is 3. The monoisotopic (exact) mass is 177 g/mol. The second-order valence-corrected chi connectivity index (χ2v) is 2.37. The van der Waals surface area contributed by atoms with Crippen LogP contribution in [0.2, 0.25) is 0 Å². The van der Waals surface area contributed by atoms with Crippen LogP contribution in [0.1, 0.15) is 5.56 Å². The molecule has 0 saturated carbocycles. The standard InChI is InChI=1S/C10H11NO2/c1-11-13-10(12)8-7-9-5-3-2-4-6-9/h2-8,11H,1H3. The highest BCUT2D eigenvalue weighted by Crippen LogP contribution is 2.00. The molecular weight excluding hydrogens is 166 g/mol. The molecule has 68 valence electrons. The van der Waals surface area contributed by atoms with Crippen molar-refractivity contribution in [3.63, 3.8) is 0 Å². The number of hydroxylamine groups is 1. The second kappa shape index (κ2) is 5.11. The van der Waals surface area contributed by atoms with Gasteiger partial charge in [-0.15, -0.1) is 0 Å². The average molecular weight is 177 g/mol. The highest BCUT2D eigenvalue weighted by Gasteiger charge is 1.92. The molecule has 0 aliphatic rings. The maximum absolute atomic E-state index is 10.8. The molecule has 0 saturated heterocycles. The van der Waals surface area contributed by atoms with Gasteiger partial charge in [0.2, 0.25) is 0 Å². The third-order valence-electron chi connectivity index (χ3n) is 1.41. The van der Waals surface area contributed by atoms with E-state index in [0.29, 0.717) is 0 Å². The topological polar surface area (TPSA) is 38.3 Å². The zero-order chi connectivity index (χ0) is 9.52. The molecule has 1 rings (SSSR count). The van der Waals surface area contributed by atoms with Gasteiger partial charge in [-0.05, 0) is 11.6 Å². The Labute approximate surface area is 77.0 Å². The summed E-state index contributed by atoms with van der Waals surface area (Å²) in [6.07, 6.45) is 3.06. The Hall–Kier alpha value is -1.61. The summed E-state index contributed by atoms with van der Waals surface area (Å²) in [5.74, 6) is -0.411. The number of benzene rings is 1. The summed E-state index contributed by atoms with van der Waals surface area (Å²) in [5, 5.41) is 0. The van der Waals surface area contributed by atoms with Crippen LogP contribution >= 0.6 is 0 Å². The van der Waals surface area contributed by atoms with Crippen LogP contribution in [0, 0.1) is 0 Å². The number of carbonyl (C=O) groups excluding carboxylic acids is 1. The van der Waals surface area contributed by atoms with Crippen LogP contribution in [0.4, 0.5) is 0 Å². The highest BCUT2D eigenvalue weighted by molar-refractivity contribution is 5.86. The van der Waals surface area contributed by atoms with Gasteiger partial charge in [0.25, 0.3) is 0 Å². The zero-order valence-corrected chi connectivity index (χ0v) is 7.36. The fourth-order valence-corrected chi connectivity index (χ4v) is 0.863. The van der Waals surface area contributed by atoms with Gasteiger partial charge in [0, 0.05) is 13.1 Å². The molecule has 0 unspecified atom stereocenters. The summed E-state index contributed by atoms with van der Waals surface area (Å²) in [6, 6.07) is 9.54. The molecule has 3 nitrogen and oxygen atoms in total. The third-order valence-corrected chi connectivity index (χ3v) is 1.41. The van der Waals surface area contributed by atoms with Gasteiger partial charge < -0.3 is 4.84 Å². The number of nitrogens with one attached hydrogen (secondary N) is 1. The van der Waals surface area contributed by atoms with Crippen LogP contribution in [0.25, 0.3) is 6.08 Å². The van der Waals surface area contributed by atoms with Crippen molar-refractivity contribution in [3.05, 3.63) is 42.0 Å². The highest BCUT2D eigenvalue weighted by atomic mass is 16.7. The third kappa shape index (κ3) is 3.53. The Balaban J connectivity index is 2.54. The van der Waals surface area contributed by atoms with Gasteiger partial charge in [0.15, 0.2) is 0 Å². The van der Waals surface area contributed by atoms with Crippen LogP contribution in [-0.4, -0.2) is 13.0 Å². The summed E-state index contributed by atoms with van der Waals surface area (Å²) in [7, 11) is 1.54. The van der Waals surface area contributed by atoms with Gasteiger partial charge in [0.05, 0.1) is 0 Å². The van der Waals surface area contributed by atoms with E-state index >= 15 is 0 Å². The van der Waals surface area contributed by atoms with E-state index in [4.69, 9.17) is 0 Å². The van der Waals surface area contributed by atoms with Crippen molar-refractivity contribution in [2.45, 2.75) is 0 Å². The molecule has 1 N–H and O–H groups in total. The van der Waals surface area contributed by atoms with E-state index in [0.717, 1.165) is 5.56 Å². The summed E-state index contributed by atoms with van der Waals surface area (Å²) in [5.41, 5.74) is 3.27. The first kappa shape index (κ1) is 9.48. The van der Waals surface area contributed by atoms with E-state index in [2.05, 4.69) is 10.3 Å². The largest absolute Gasteiger partial charge is 0.367 e. The molecule has 0 fully saturated rings. The van der Waals surface area contributed by atoms with Crippen molar-refractivity contribution in [1.29, 1.82) is 0 Å². The summed E-state index contributed by atoms with van der Waals surface area (Å²) in [4.78, 5) is 15.3. The molecule has 1 aromatic carbocycles. The lowest BCUT2D eigenvalue weighted by Crippen LogP contribution is -2.12. The minimum absolute atomic E-state index is 0.411. The van der Waals surface area contributed by atoms with Crippen molar-refractivity contribution in [3.8, 4) is 0 Å². The quantitative estimate of drug-likeness (QED) is 0.560. The molecule has 0 aliphatic carbocycles. The van der Waals surface area contributed by atoms with Crippen molar-refractivity contribution < 1.29 is 9.63 Å². The molecule has 1 aromatic rings. The van der Waals surface area contributed by atoms with Gasteiger partial charge >= 0.3 is 5.97 Å². The summed E-state index contributed by atoms with van der Waals surface area (Å²) >= 11 is 0. The van der Waals surface area contributed by atoms with E-state index in [-0.39, 0.29) is 0 Å². The minimum atomic E-state index is -0.411. The number of hydrogen-bond acceptors (Lipinski definition) is 3. The fourth-order valence-electron chi connectivity index (χ4n) is 0.863. The number of carbonyl (C=O) groups is 1. The zero-order valence-electron chi connectivity index (χ0n) is 7.36. The van der Waals surface area contributed by atoms with Crippen molar-refractivity contribution >= 4 is 12.0 Å². The van der Waals surface area contributed by atoms with E-state index in [9.17, 15) is 4.79 Å². The van der Waals surface area contributed by atoms with Crippen LogP contribution in [0.5, 0.6) is 0 Å². The lowest BCUT2D eigenvalue weighted by atomic mass is 10.2. The predicted octanol–water partition coefficient (Wildman–Crippen LogP) is 1.38. The molecule has 0 bridgehead atoms. The molecule has 13 heavy (non-hydrogen) atoms. The van der Waals surface area contributed by atoms with E-state index < -0.39 is 5.97 Å². The second-order valence-electron chi connectivity index (χ2n) is 2.37. The minimum Gasteiger partial charge on any atom is -0.367 e. The Morgan fingerprint density at radius 1 is 1.38 bits per heavy atom. The first-order chi connectivity index (χ1) is 6.33. The van der Waals surface area contributed by atoms with Gasteiger partial charge in [-0.3, -0.25) is 0 Å². The Bertz CT molecular complexity index is 293. The Morgan fingerprint density at radius 3 is 2.69 bits per heavy atom. The molecular formula is C10H11NO2. The first-order valence-corrected chi connectivity index (χ1v) is 3.93. The SMILES string of the molecule is CNOC(=O)C=Cc1ccccc1. The smallest absolute Gasteiger partial charge is 0.349 e. The van der Waals surface area contributed by atoms with Gasteiger partial charge in [0.1, 0.15) is 0 Å². The summed E-state index contributed by atoms with van der Waals surface area (Å²) in [6.45, 7) is 0. The first-order valence-electron chi connectivity index (χ1n) is 3.93.